The molecule has 0 bridgehead atoms. The van der Waals surface area contributed by atoms with E-state index in [9.17, 15) is 0 Å². The van der Waals surface area contributed by atoms with E-state index in [0.717, 1.165) is 6.42 Å². The normalized spacial score (nSPS) is 17.4. The average molecular weight is 370 g/mol. The summed E-state index contributed by atoms with van der Waals surface area (Å²) in [6, 6.07) is 22.4. The summed E-state index contributed by atoms with van der Waals surface area (Å²) in [4.78, 5) is 0. The summed E-state index contributed by atoms with van der Waals surface area (Å²) < 4.78 is 3.60. The van der Waals surface area contributed by atoms with Crippen molar-refractivity contribution in [1.82, 2.24) is 0 Å². The Hall–Kier alpha value is -1.16. The van der Waals surface area contributed by atoms with Gasteiger partial charge in [-0.2, -0.15) is 0 Å². The summed E-state index contributed by atoms with van der Waals surface area (Å²) in [6.45, 7) is 4.06. The second-order valence-corrected chi connectivity index (χ2v) is 10.2. The number of rotatable bonds is 5. The van der Waals surface area contributed by atoms with Gasteiger partial charge in [0.25, 0.3) is 0 Å². The molecule has 1 heteroatoms. The molecule has 0 nitrogen and oxygen atoms in total. The minimum absolute atomic E-state index is 0.468. The molecule has 1 aliphatic carbocycles. The van der Waals surface area contributed by atoms with E-state index >= 15 is 0 Å². The monoisotopic (exact) mass is 369 g/mol. The summed E-state index contributed by atoms with van der Waals surface area (Å²) in [5, 5.41) is 0. The van der Waals surface area contributed by atoms with Crippen LogP contribution in [0.15, 0.2) is 73.3 Å². The Morgan fingerprint density at radius 1 is 0.857 bits per heavy atom. The van der Waals surface area contributed by atoms with Crippen molar-refractivity contribution in [2.24, 2.45) is 0 Å². The van der Waals surface area contributed by atoms with Crippen LogP contribution in [-0.4, -0.2) is 0 Å². The standard InChI is InChI=1S/C8H13.2C6H5.Pd/c1-2-5-8-6-3-4-7-8;2*1-2-4-6-5-3-1;/h2H,1,3-7H2;2*1-5H;. The van der Waals surface area contributed by atoms with E-state index in [0.29, 0.717) is 3.89 Å². The maximum absolute atomic E-state index is 4.06. The topological polar surface area (TPSA) is 0 Å². The van der Waals surface area contributed by atoms with Crippen LogP contribution < -0.4 is 8.07 Å². The Morgan fingerprint density at radius 3 is 1.76 bits per heavy atom. The van der Waals surface area contributed by atoms with E-state index < -0.39 is 16.8 Å². The molecule has 3 rings (SSSR count). The molecule has 1 fully saturated rings. The van der Waals surface area contributed by atoms with Crippen molar-refractivity contribution >= 4 is 8.07 Å². The van der Waals surface area contributed by atoms with Gasteiger partial charge in [0.2, 0.25) is 0 Å². The number of benzene rings is 2. The third-order valence-electron chi connectivity index (χ3n) is 4.09. The molecular formula is C20H23Pd. The zero-order valence-electron chi connectivity index (χ0n) is 12.4. The van der Waals surface area contributed by atoms with Gasteiger partial charge in [-0.25, -0.2) is 0 Å². The van der Waals surface area contributed by atoms with E-state index in [1.165, 1.54) is 25.7 Å². The van der Waals surface area contributed by atoms with E-state index in [4.69, 9.17) is 0 Å². The van der Waals surface area contributed by atoms with Crippen LogP contribution in [0.3, 0.4) is 0 Å². The van der Waals surface area contributed by atoms with Gasteiger partial charge < -0.3 is 0 Å². The molecule has 0 atom stereocenters. The van der Waals surface area contributed by atoms with Gasteiger partial charge in [-0.1, -0.05) is 0 Å². The molecule has 0 saturated heterocycles. The molecule has 2 aromatic carbocycles. The molecule has 2 aromatic rings. The van der Waals surface area contributed by atoms with Crippen LogP contribution >= 0.6 is 0 Å². The number of hydrogen-bond acceptors (Lipinski definition) is 0. The van der Waals surface area contributed by atoms with Gasteiger partial charge in [0, 0.05) is 0 Å². The van der Waals surface area contributed by atoms with Crippen LogP contribution in [0.1, 0.15) is 32.1 Å². The summed E-state index contributed by atoms with van der Waals surface area (Å²) >= 11 is -0.953. The van der Waals surface area contributed by atoms with Crippen molar-refractivity contribution in [1.29, 1.82) is 0 Å². The predicted molar refractivity (Wildman–Crippen MR) is 88.1 cm³/mol. The predicted octanol–water partition coefficient (Wildman–Crippen LogP) is 4.56. The van der Waals surface area contributed by atoms with Crippen molar-refractivity contribution in [2.45, 2.75) is 36.0 Å². The Labute approximate surface area is 134 Å². The Morgan fingerprint density at radius 2 is 1.33 bits per heavy atom. The SMILES string of the molecule is C=CC[C]1([Pd]([c]2ccccc2)[c]2ccccc2)CCCC1. The molecule has 0 unspecified atom stereocenters. The Balaban J connectivity index is 2.09. The van der Waals surface area contributed by atoms with Gasteiger partial charge in [0.15, 0.2) is 0 Å². The minimum atomic E-state index is -0.953. The van der Waals surface area contributed by atoms with E-state index in [1.807, 2.05) is 0 Å². The van der Waals surface area contributed by atoms with Gasteiger partial charge in [-0.05, 0) is 0 Å². The van der Waals surface area contributed by atoms with E-state index in [2.05, 4.69) is 73.3 Å². The first kappa shape index (κ1) is 14.8. The summed E-state index contributed by atoms with van der Waals surface area (Å²) in [5.74, 6) is 0. The molecule has 0 amide bonds. The molecule has 0 N–H and O–H groups in total. The zero-order valence-corrected chi connectivity index (χ0v) is 14.0. The Bertz CT molecular complexity index is 528. The van der Waals surface area contributed by atoms with E-state index in [-0.39, 0.29) is 0 Å². The quantitative estimate of drug-likeness (QED) is 0.535. The van der Waals surface area contributed by atoms with Gasteiger partial charge in [0.05, 0.1) is 0 Å². The summed E-state index contributed by atoms with van der Waals surface area (Å²) in [5.41, 5.74) is 0. The molecule has 113 valence electrons. The summed E-state index contributed by atoms with van der Waals surface area (Å²) in [7, 11) is 0. The number of allylic oxidation sites excluding steroid dienone is 1. The van der Waals surface area contributed by atoms with Crippen LogP contribution in [0.2, 0.25) is 3.89 Å². The fraction of sp³-hybridized carbons (Fsp3) is 0.300. The first-order valence-corrected chi connectivity index (χ1v) is 10.0. The zero-order chi connectivity index (χ0) is 14.5. The fourth-order valence-electron chi connectivity index (χ4n) is 3.17. The van der Waals surface area contributed by atoms with E-state index in [1.54, 1.807) is 8.07 Å². The van der Waals surface area contributed by atoms with Gasteiger partial charge in [-0.15, -0.1) is 0 Å². The maximum atomic E-state index is 4.06. The molecule has 21 heavy (non-hydrogen) atoms. The third kappa shape index (κ3) is 3.05. The van der Waals surface area contributed by atoms with Crippen molar-refractivity contribution in [3.8, 4) is 0 Å². The van der Waals surface area contributed by atoms with Gasteiger partial charge in [-0.3, -0.25) is 0 Å². The first-order chi connectivity index (χ1) is 10.4. The molecule has 0 aliphatic heterocycles. The van der Waals surface area contributed by atoms with Crippen molar-refractivity contribution < 1.29 is 16.8 Å². The van der Waals surface area contributed by atoms with Crippen molar-refractivity contribution in [3.05, 3.63) is 73.3 Å². The second kappa shape index (κ2) is 6.74. The van der Waals surface area contributed by atoms with Crippen LogP contribution in [-0.2, 0) is 16.8 Å². The van der Waals surface area contributed by atoms with Crippen LogP contribution in [0, 0.1) is 0 Å². The fourth-order valence-corrected chi connectivity index (χ4v) is 9.10. The molecule has 0 heterocycles. The van der Waals surface area contributed by atoms with Crippen LogP contribution in [0.4, 0.5) is 0 Å². The van der Waals surface area contributed by atoms with Crippen molar-refractivity contribution in [3.63, 3.8) is 0 Å². The number of hydrogen-bond donors (Lipinski definition) is 0. The molecule has 0 radical (unpaired) electrons. The first-order valence-electron chi connectivity index (χ1n) is 7.67. The molecule has 0 aromatic heterocycles. The van der Waals surface area contributed by atoms with Crippen LogP contribution in [0.25, 0.3) is 0 Å². The molecule has 1 aliphatic rings. The van der Waals surface area contributed by atoms with Crippen LogP contribution in [0.5, 0.6) is 0 Å². The summed E-state index contributed by atoms with van der Waals surface area (Å²) in [6.07, 6.45) is 8.81. The third-order valence-corrected chi connectivity index (χ3v) is 9.67. The van der Waals surface area contributed by atoms with Gasteiger partial charge >= 0.3 is 134 Å². The molecule has 1 saturated carbocycles. The van der Waals surface area contributed by atoms with Crippen molar-refractivity contribution in [2.75, 3.05) is 0 Å². The average Bonchev–Trinajstić information content (AvgIpc) is 2.99. The Kier molecular flexibility index (Phi) is 4.74. The van der Waals surface area contributed by atoms with Gasteiger partial charge in [0.1, 0.15) is 0 Å². The second-order valence-electron chi connectivity index (χ2n) is 5.54. The molecular weight excluding hydrogens is 347 g/mol. The molecule has 0 spiro atoms.